The topological polar surface area (TPSA) is 72.4 Å². The number of hydrazine groups is 1. The molecule has 0 radical (unpaired) electrons. The number of amides is 2. The fraction of sp³-hybridized carbons (Fsp3) is 0.200. The van der Waals surface area contributed by atoms with Gasteiger partial charge < -0.3 is 9.30 Å². The molecule has 2 aromatic carbocycles. The van der Waals surface area contributed by atoms with Gasteiger partial charge in [0.1, 0.15) is 12.3 Å². The monoisotopic (exact) mass is 385 g/mol. The normalized spacial score (nSPS) is 10.6. The van der Waals surface area contributed by atoms with E-state index in [0.29, 0.717) is 10.8 Å². The quantitative estimate of drug-likeness (QED) is 0.663. The molecule has 0 atom stereocenters. The number of nitrogens with one attached hydrogen (secondary N) is 2. The Labute approximate surface area is 162 Å². The van der Waals surface area contributed by atoms with Gasteiger partial charge in [0.15, 0.2) is 6.61 Å². The van der Waals surface area contributed by atoms with Crippen LogP contribution in [-0.4, -0.2) is 23.0 Å². The molecule has 0 bridgehead atoms. The second kappa shape index (κ2) is 8.14. The van der Waals surface area contributed by atoms with Crippen molar-refractivity contribution in [3.63, 3.8) is 0 Å². The van der Waals surface area contributed by atoms with Crippen molar-refractivity contribution in [3.8, 4) is 5.75 Å². The van der Waals surface area contributed by atoms with Crippen LogP contribution in [0, 0.1) is 13.8 Å². The first-order valence-electron chi connectivity index (χ1n) is 8.45. The number of aryl methyl sites for hydroxylation is 2. The Morgan fingerprint density at radius 2 is 1.70 bits per heavy atom. The van der Waals surface area contributed by atoms with E-state index < -0.39 is 5.91 Å². The van der Waals surface area contributed by atoms with Crippen molar-refractivity contribution in [1.29, 1.82) is 0 Å². The van der Waals surface area contributed by atoms with Gasteiger partial charge in [-0.25, -0.2) is 0 Å². The number of rotatable bonds is 5. The highest BCUT2D eigenvalue weighted by molar-refractivity contribution is 6.32. The fourth-order valence-corrected chi connectivity index (χ4v) is 2.90. The Morgan fingerprint density at radius 1 is 1.04 bits per heavy atom. The minimum absolute atomic E-state index is 0.101. The summed E-state index contributed by atoms with van der Waals surface area (Å²) in [7, 11) is 0. The summed E-state index contributed by atoms with van der Waals surface area (Å²) in [4.78, 5) is 23.9. The van der Waals surface area contributed by atoms with Crippen LogP contribution < -0.4 is 15.6 Å². The average molecular weight is 386 g/mol. The first-order valence-corrected chi connectivity index (χ1v) is 8.83. The van der Waals surface area contributed by atoms with Crippen molar-refractivity contribution in [2.45, 2.75) is 20.4 Å². The van der Waals surface area contributed by atoms with Crippen molar-refractivity contribution < 1.29 is 14.3 Å². The number of ether oxygens (including phenoxy) is 1. The van der Waals surface area contributed by atoms with E-state index in [2.05, 4.69) is 10.9 Å². The zero-order chi connectivity index (χ0) is 19.4. The number of carbonyl (C=O) groups is 2. The molecular weight excluding hydrogens is 366 g/mol. The number of carbonyl (C=O) groups excluding carboxylic acids is 2. The van der Waals surface area contributed by atoms with Crippen LogP contribution in [0.2, 0.25) is 5.02 Å². The Hall–Kier alpha value is -2.99. The molecule has 2 amide bonds. The standard InChI is InChI=1S/C20H20ClN3O3/c1-13-9-16(10-14(2)20(13)21)27-12-19(26)23-22-18(25)11-24-8-7-15-5-3-4-6-17(15)24/h3-10H,11-12H2,1-2H3,(H,22,25)(H,23,26). The molecule has 0 aliphatic carbocycles. The van der Waals surface area contributed by atoms with Gasteiger partial charge >= 0.3 is 0 Å². The van der Waals surface area contributed by atoms with Crippen molar-refractivity contribution in [3.05, 3.63) is 64.8 Å². The number of nitrogens with zero attached hydrogens (tertiary/aromatic N) is 1. The highest BCUT2D eigenvalue weighted by Gasteiger charge is 2.09. The van der Waals surface area contributed by atoms with Gasteiger partial charge in [0.25, 0.3) is 11.8 Å². The number of hydrogen-bond donors (Lipinski definition) is 2. The first kappa shape index (κ1) is 18.8. The zero-order valence-corrected chi connectivity index (χ0v) is 15.8. The third-order valence-corrected chi connectivity index (χ3v) is 4.71. The van der Waals surface area contributed by atoms with Gasteiger partial charge in [-0.1, -0.05) is 29.8 Å². The van der Waals surface area contributed by atoms with Crippen LogP contribution in [0.3, 0.4) is 0 Å². The molecule has 140 valence electrons. The Bertz CT molecular complexity index is 974. The number of benzene rings is 2. The lowest BCUT2D eigenvalue weighted by molar-refractivity contribution is -0.130. The van der Waals surface area contributed by atoms with Gasteiger partial charge in [-0.2, -0.15) is 0 Å². The molecule has 0 aliphatic rings. The molecule has 6 nitrogen and oxygen atoms in total. The molecule has 3 rings (SSSR count). The molecular formula is C20H20ClN3O3. The molecule has 3 aromatic rings. The zero-order valence-electron chi connectivity index (χ0n) is 15.1. The maximum Gasteiger partial charge on any atom is 0.276 e. The maximum absolute atomic E-state index is 12.1. The molecule has 0 spiro atoms. The molecule has 1 aromatic heterocycles. The van der Waals surface area contributed by atoms with Gasteiger partial charge in [-0.3, -0.25) is 20.4 Å². The van der Waals surface area contributed by atoms with Gasteiger partial charge in [0.2, 0.25) is 0 Å². The first-order chi connectivity index (χ1) is 12.9. The number of aromatic nitrogens is 1. The van der Waals surface area contributed by atoms with Crippen LogP contribution >= 0.6 is 11.6 Å². The van der Waals surface area contributed by atoms with E-state index in [1.54, 1.807) is 12.1 Å². The number of fused-ring (bicyclic) bond motifs is 1. The van der Waals surface area contributed by atoms with E-state index >= 15 is 0 Å². The summed E-state index contributed by atoms with van der Waals surface area (Å²) in [6, 6.07) is 13.2. The van der Waals surface area contributed by atoms with E-state index in [-0.39, 0.29) is 19.1 Å². The van der Waals surface area contributed by atoms with E-state index in [1.807, 2.05) is 54.9 Å². The highest BCUT2D eigenvalue weighted by Crippen LogP contribution is 2.25. The predicted molar refractivity (Wildman–Crippen MR) is 105 cm³/mol. The van der Waals surface area contributed by atoms with Crippen molar-refractivity contribution >= 4 is 34.3 Å². The Morgan fingerprint density at radius 3 is 2.44 bits per heavy atom. The predicted octanol–water partition coefficient (Wildman–Crippen LogP) is 3.14. The minimum Gasteiger partial charge on any atom is -0.484 e. The van der Waals surface area contributed by atoms with Gasteiger partial charge in [-0.15, -0.1) is 0 Å². The lowest BCUT2D eigenvalue weighted by atomic mass is 10.1. The summed E-state index contributed by atoms with van der Waals surface area (Å²) < 4.78 is 7.27. The second-order valence-electron chi connectivity index (χ2n) is 6.26. The maximum atomic E-state index is 12.1. The van der Waals surface area contributed by atoms with Crippen LogP contribution in [0.1, 0.15) is 11.1 Å². The molecule has 2 N–H and O–H groups in total. The minimum atomic E-state index is -0.453. The number of para-hydroxylation sites is 1. The van der Waals surface area contributed by atoms with Crippen molar-refractivity contribution in [2.24, 2.45) is 0 Å². The summed E-state index contributed by atoms with van der Waals surface area (Å²) in [5.74, 6) is -0.233. The second-order valence-corrected chi connectivity index (χ2v) is 6.64. The lowest BCUT2D eigenvalue weighted by Crippen LogP contribution is -2.45. The van der Waals surface area contributed by atoms with Gasteiger partial charge in [-0.05, 0) is 54.6 Å². The van der Waals surface area contributed by atoms with Gasteiger partial charge in [0, 0.05) is 16.7 Å². The van der Waals surface area contributed by atoms with E-state index in [0.717, 1.165) is 22.0 Å². The molecule has 0 saturated heterocycles. The molecule has 7 heteroatoms. The Balaban J connectivity index is 1.48. The number of hydrogen-bond acceptors (Lipinski definition) is 3. The molecule has 1 heterocycles. The van der Waals surface area contributed by atoms with Crippen LogP contribution in [0.15, 0.2) is 48.7 Å². The summed E-state index contributed by atoms with van der Waals surface area (Å²) >= 11 is 6.11. The summed E-state index contributed by atoms with van der Waals surface area (Å²) in [5, 5.41) is 1.73. The third kappa shape index (κ3) is 4.60. The van der Waals surface area contributed by atoms with E-state index in [4.69, 9.17) is 16.3 Å². The van der Waals surface area contributed by atoms with Crippen LogP contribution in [0.25, 0.3) is 10.9 Å². The largest absolute Gasteiger partial charge is 0.484 e. The SMILES string of the molecule is Cc1cc(OCC(=O)NNC(=O)Cn2ccc3ccccc32)cc(C)c1Cl. The van der Waals surface area contributed by atoms with Crippen LogP contribution in [0.5, 0.6) is 5.75 Å². The summed E-state index contributed by atoms with van der Waals surface area (Å²) in [5.41, 5.74) is 7.45. The summed E-state index contributed by atoms with van der Waals surface area (Å²) in [6.45, 7) is 3.62. The van der Waals surface area contributed by atoms with Crippen molar-refractivity contribution in [2.75, 3.05) is 6.61 Å². The smallest absolute Gasteiger partial charge is 0.276 e. The van der Waals surface area contributed by atoms with Crippen LogP contribution in [0.4, 0.5) is 0 Å². The van der Waals surface area contributed by atoms with Gasteiger partial charge in [0.05, 0.1) is 0 Å². The number of halogens is 1. The molecule has 0 fully saturated rings. The highest BCUT2D eigenvalue weighted by atomic mass is 35.5. The molecule has 27 heavy (non-hydrogen) atoms. The molecule has 0 aliphatic heterocycles. The van der Waals surface area contributed by atoms with E-state index in [9.17, 15) is 9.59 Å². The van der Waals surface area contributed by atoms with E-state index in [1.165, 1.54) is 0 Å². The summed E-state index contributed by atoms with van der Waals surface area (Å²) in [6.07, 6.45) is 1.83. The van der Waals surface area contributed by atoms with Crippen molar-refractivity contribution in [1.82, 2.24) is 15.4 Å². The molecule has 0 saturated carbocycles. The molecule has 0 unspecified atom stereocenters. The average Bonchev–Trinajstić information content (AvgIpc) is 3.05. The van der Waals surface area contributed by atoms with Crippen LogP contribution in [-0.2, 0) is 16.1 Å². The third-order valence-electron chi connectivity index (χ3n) is 4.12. The lowest BCUT2D eigenvalue weighted by Gasteiger charge is -2.11. The fourth-order valence-electron chi connectivity index (χ4n) is 2.79. The Kier molecular flexibility index (Phi) is 5.66.